The summed E-state index contributed by atoms with van der Waals surface area (Å²) >= 11 is 0. The van der Waals surface area contributed by atoms with Crippen LogP contribution in [0.4, 0.5) is 0 Å². The highest BCUT2D eigenvalue weighted by atomic mass is 16.4. The molecule has 0 saturated carbocycles. The Labute approximate surface area is 115 Å². The first-order valence-electron chi connectivity index (χ1n) is 5.77. The van der Waals surface area contributed by atoms with Crippen molar-refractivity contribution in [3.05, 3.63) is 0 Å². The van der Waals surface area contributed by atoms with Gasteiger partial charge in [-0.25, -0.2) is 0 Å². The van der Waals surface area contributed by atoms with E-state index in [0.717, 1.165) is 20.8 Å². The van der Waals surface area contributed by atoms with Gasteiger partial charge in [0, 0.05) is 0 Å². The van der Waals surface area contributed by atoms with Crippen molar-refractivity contribution in [1.82, 2.24) is 0 Å². The number of carboxylic acids is 4. The number of hydrogen-bond acceptors (Lipinski definition) is 4. The Morgan fingerprint density at radius 2 is 1.10 bits per heavy atom. The third-order valence-electron chi connectivity index (χ3n) is 4.12. The van der Waals surface area contributed by atoms with Crippen LogP contribution >= 0.6 is 0 Å². The van der Waals surface area contributed by atoms with E-state index in [1.807, 2.05) is 0 Å². The van der Waals surface area contributed by atoms with Crippen molar-refractivity contribution in [3.8, 4) is 0 Å². The van der Waals surface area contributed by atoms with Crippen LogP contribution in [-0.4, -0.2) is 44.3 Å². The van der Waals surface area contributed by atoms with E-state index in [2.05, 4.69) is 0 Å². The summed E-state index contributed by atoms with van der Waals surface area (Å²) in [6, 6.07) is 0. The average molecular weight is 290 g/mol. The zero-order valence-electron chi connectivity index (χ0n) is 11.6. The van der Waals surface area contributed by atoms with Crippen molar-refractivity contribution >= 4 is 23.9 Å². The van der Waals surface area contributed by atoms with Gasteiger partial charge in [-0.1, -0.05) is 6.92 Å². The molecule has 0 aromatic rings. The van der Waals surface area contributed by atoms with Crippen LogP contribution in [0.15, 0.2) is 0 Å². The molecule has 0 heterocycles. The molecule has 1 unspecified atom stereocenters. The van der Waals surface area contributed by atoms with Crippen molar-refractivity contribution in [3.63, 3.8) is 0 Å². The van der Waals surface area contributed by atoms with Crippen molar-refractivity contribution in [2.24, 2.45) is 16.2 Å². The molecule has 0 aromatic heterocycles. The maximum absolute atomic E-state index is 11.6. The molecule has 0 bridgehead atoms. The molecule has 0 aliphatic rings. The fraction of sp³-hybridized carbons (Fsp3) is 0.667. The van der Waals surface area contributed by atoms with Gasteiger partial charge in [-0.05, 0) is 27.2 Å². The lowest BCUT2D eigenvalue weighted by atomic mass is 9.51. The second-order valence-electron chi connectivity index (χ2n) is 5.28. The maximum atomic E-state index is 11.6. The Morgan fingerprint density at radius 3 is 1.25 bits per heavy atom. The molecule has 0 aromatic carbocycles. The fourth-order valence-electron chi connectivity index (χ4n) is 2.53. The molecule has 4 N–H and O–H groups in total. The molecule has 8 heteroatoms. The molecule has 0 aliphatic heterocycles. The zero-order valence-corrected chi connectivity index (χ0v) is 11.6. The standard InChI is InChI=1S/C12H18O8/c1-5-11(4,7(15)16)12(8(17)18,9(19)20)10(2,3)6(13)14/h5H2,1-4H3,(H,13,14)(H,15,16)(H,17,18)(H,19,20). The number of hydrogen-bond donors (Lipinski definition) is 4. The molecule has 0 fully saturated rings. The second-order valence-corrected chi connectivity index (χ2v) is 5.28. The minimum Gasteiger partial charge on any atom is -0.481 e. The van der Waals surface area contributed by atoms with Gasteiger partial charge in [0.25, 0.3) is 0 Å². The topological polar surface area (TPSA) is 149 Å². The molecule has 1 atom stereocenters. The SMILES string of the molecule is CCC(C)(C(=O)O)C(C(=O)O)(C(=O)O)C(C)(C)C(=O)O. The monoisotopic (exact) mass is 290 g/mol. The highest BCUT2D eigenvalue weighted by molar-refractivity contribution is 6.08. The van der Waals surface area contributed by atoms with Crippen molar-refractivity contribution in [2.45, 2.75) is 34.1 Å². The molecule has 114 valence electrons. The fourth-order valence-corrected chi connectivity index (χ4v) is 2.53. The number of aliphatic carboxylic acids is 4. The highest BCUT2D eigenvalue weighted by Crippen LogP contribution is 2.54. The van der Waals surface area contributed by atoms with Gasteiger partial charge in [-0.3, -0.25) is 19.2 Å². The van der Waals surface area contributed by atoms with E-state index >= 15 is 0 Å². The average Bonchev–Trinajstić information content (AvgIpc) is 2.27. The van der Waals surface area contributed by atoms with Crippen LogP contribution < -0.4 is 0 Å². The molecular weight excluding hydrogens is 272 g/mol. The smallest absolute Gasteiger partial charge is 0.323 e. The Kier molecular flexibility index (Phi) is 4.56. The van der Waals surface area contributed by atoms with E-state index in [4.69, 9.17) is 0 Å². The van der Waals surface area contributed by atoms with Gasteiger partial charge in [-0.15, -0.1) is 0 Å². The summed E-state index contributed by atoms with van der Waals surface area (Å²) < 4.78 is 0. The number of carboxylic acid groups (broad SMARTS) is 4. The highest BCUT2D eigenvalue weighted by Gasteiger charge is 2.73. The molecule has 0 amide bonds. The van der Waals surface area contributed by atoms with Crippen molar-refractivity contribution in [2.75, 3.05) is 0 Å². The lowest BCUT2D eigenvalue weighted by Gasteiger charge is -2.46. The van der Waals surface area contributed by atoms with Crippen LogP contribution in [0.3, 0.4) is 0 Å². The van der Waals surface area contributed by atoms with Gasteiger partial charge in [0.05, 0.1) is 10.8 Å². The molecule has 0 aliphatic carbocycles. The van der Waals surface area contributed by atoms with E-state index in [9.17, 15) is 39.6 Å². The van der Waals surface area contributed by atoms with Gasteiger partial charge in [0.1, 0.15) is 0 Å². The zero-order chi connectivity index (χ0) is 16.5. The third kappa shape index (κ3) is 1.91. The molecule has 20 heavy (non-hydrogen) atoms. The molecular formula is C12H18O8. The minimum absolute atomic E-state index is 0.363. The van der Waals surface area contributed by atoms with Crippen LogP contribution in [0, 0.1) is 16.2 Å². The van der Waals surface area contributed by atoms with Crippen LogP contribution in [0.2, 0.25) is 0 Å². The Morgan fingerprint density at radius 1 is 0.750 bits per heavy atom. The summed E-state index contributed by atoms with van der Waals surface area (Å²) in [5.41, 5.74) is -7.66. The Bertz CT molecular complexity index is 450. The van der Waals surface area contributed by atoms with Gasteiger partial charge >= 0.3 is 23.9 Å². The lowest BCUT2D eigenvalue weighted by Crippen LogP contribution is -2.65. The molecule has 0 rings (SSSR count). The summed E-state index contributed by atoms with van der Waals surface area (Å²) in [6.07, 6.45) is -0.363. The number of rotatable bonds is 7. The molecule has 0 radical (unpaired) electrons. The molecule has 0 saturated heterocycles. The van der Waals surface area contributed by atoms with E-state index in [1.165, 1.54) is 6.92 Å². The van der Waals surface area contributed by atoms with Gasteiger partial charge < -0.3 is 20.4 Å². The number of carbonyl (C=O) groups is 4. The Hall–Kier alpha value is -2.12. The predicted octanol–water partition coefficient (Wildman–Crippen LogP) is 0.754. The van der Waals surface area contributed by atoms with Crippen LogP contribution in [0.5, 0.6) is 0 Å². The quantitative estimate of drug-likeness (QED) is 0.502. The van der Waals surface area contributed by atoms with Crippen molar-refractivity contribution in [1.29, 1.82) is 0 Å². The van der Waals surface area contributed by atoms with E-state index < -0.39 is 40.1 Å². The first-order chi connectivity index (χ1) is 8.83. The minimum atomic E-state index is -3.02. The van der Waals surface area contributed by atoms with Crippen molar-refractivity contribution < 1.29 is 39.6 Å². The summed E-state index contributed by atoms with van der Waals surface area (Å²) in [4.78, 5) is 46.0. The maximum Gasteiger partial charge on any atom is 0.323 e. The van der Waals surface area contributed by atoms with E-state index in [1.54, 1.807) is 0 Å². The normalized spacial score (nSPS) is 15.2. The predicted molar refractivity (Wildman–Crippen MR) is 65.2 cm³/mol. The summed E-state index contributed by atoms with van der Waals surface area (Å²) in [7, 11) is 0. The van der Waals surface area contributed by atoms with Crippen LogP contribution in [0.1, 0.15) is 34.1 Å². The van der Waals surface area contributed by atoms with Gasteiger partial charge in [0.2, 0.25) is 0 Å². The largest absolute Gasteiger partial charge is 0.481 e. The Balaban J connectivity index is 6.82. The van der Waals surface area contributed by atoms with E-state index in [-0.39, 0.29) is 6.42 Å². The first kappa shape index (κ1) is 17.9. The van der Waals surface area contributed by atoms with Gasteiger partial charge in [0.15, 0.2) is 5.41 Å². The van der Waals surface area contributed by atoms with Gasteiger partial charge in [-0.2, -0.15) is 0 Å². The van der Waals surface area contributed by atoms with Crippen LogP contribution in [0.25, 0.3) is 0 Å². The summed E-state index contributed by atoms with van der Waals surface area (Å²) in [6.45, 7) is 4.03. The second kappa shape index (κ2) is 5.10. The summed E-state index contributed by atoms with van der Waals surface area (Å²) in [5, 5.41) is 37.3. The lowest BCUT2D eigenvalue weighted by molar-refractivity contribution is -0.204. The van der Waals surface area contributed by atoms with E-state index in [0.29, 0.717) is 0 Å². The van der Waals surface area contributed by atoms with Crippen LogP contribution in [-0.2, 0) is 19.2 Å². The third-order valence-corrected chi connectivity index (χ3v) is 4.12. The molecule has 0 spiro atoms. The molecule has 8 nitrogen and oxygen atoms in total. The summed E-state index contributed by atoms with van der Waals surface area (Å²) in [5.74, 6) is -7.38. The first-order valence-corrected chi connectivity index (χ1v) is 5.77.